The minimum atomic E-state index is -0.298. The summed E-state index contributed by atoms with van der Waals surface area (Å²) >= 11 is 3.32. The standard InChI is InChI=1S/C19H19BrN2O4/c1-12(13-5-6-16-17(10-13)26-8-7-25-16)22-18(23)11-21-19(24)14-3-2-4-15(20)9-14/h2-6,9-10,12H,7-8,11H2,1H3,(H,21,24)(H,22,23). The van der Waals surface area contributed by atoms with Gasteiger partial charge >= 0.3 is 0 Å². The van der Waals surface area contributed by atoms with Crippen molar-refractivity contribution in [2.24, 2.45) is 0 Å². The first kappa shape index (κ1) is 18.3. The molecule has 136 valence electrons. The van der Waals surface area contributed by atoms with Crippen molar-refractivity contribution in [2.45, 2.75) is 13.0 Å². The van der Waals surface area contributed by atoms with E-state index in [1.54, 1.807) is 18.2 Å². The predicted octanol–water partition coefficient (Wildman–Crippen LogP) is 2.83. The van der Waals surface area contributed by atoms with E-state index < -0.39 is 0 Å². The van der Waals surface area contributed by atoms with Crippen molar-refractivity contribution in [3.05, 3.63) is 58.1 Å². The molecule has 0 fully saturated rings. The van der Waals surface area contributed by atoms with Gasteiger partial charge in [-0.05, 0) is 42.8 Å². The average Bonchev–Trinajstić information content (AvgIpc) is 2.65. The molecule has 2 N–H and O–H groups in total. The first-order valence-electron chi connectivity index (χ1n) is 8.25. The lowest BCUT2D eigenvalue weighted by Gasteiger charge is -2.21. The van der Waals surface area contributed by atoms with Gasteiger partial charge in [-0.3, -0.25) is 9.59 Å². The van der Waals surface area contributed by atoms with Gasteiger partial charge in [0.05, 0.1) is 12.6 Å². The molecule has 1 atom stereocenters. The van der Waals surface area contributed by atoms with Crippen LogP contribution in [-0.2, 0) is 4.79 Å². The lowest BCUT2D eigenvalue weighted by atomic mass is 10.1. The normalized spacial score (nSPS) is 13.6. The molecule has 2 aromatic rings. The lowest BCUT2D eigenvalue weighted by Crippen LogP contribution is -2.38. The summed E-state index contributed by atoms with van der Waals surface area (Å²) in [5.74, 6) is 0.821. The van der Waals surface area contributed by atoms with Crippen LogP contribution in [0.1, 0.15) is 28.9 Å². The summed E-state index contributed by atoms with van der Waals surface area (Å²) in [6.45, 7) is 2.83. The number of hydrogen-bond donors (Lipinski definition) is 2. The number of ether oxygens (including phenoxy) is 2. The molecule has 7 heteroatoms. The molecule has 0 radical (unpaired) electrons. The summed E-state index contributed by atoms with van der Waals surface area (Å²) in [5, 5.41) is 5.48. The smallest absolute Gasteiger partial charge is 0.251 e. The molecule has 6 nitrogen and oxygen atoms in total. The number of rotatable bonds is 5. The number of carbonyl (C=O) groups excluding carboxylic acids is 2. The highest BCUT2D eigenvalue weighted by Gasteiger charge is 2.16. The largest absolute Gasteiger partial charge is 0.486 e. The fourth-order valence-corrected chi connectivity index (χ4v) is 3.00. The topological polar surface area (TPSA) is 76.7 Å². The number of benzene rings is 2. The van der Waals surface area contributed by atoms with Crippen molar-refractivity contribution in [1.29, 1.82) is 0 Å². The molecule has 3 rings (SSSR count). The molecule has 0 saturated heterocycles. The lowest BCUT2D eigenvalue weighted by molar-refractivity contribution is -0.120. The summed E-state index contributed by atoms with van der Waals surface area (Å²) in [7, 11) is 0. The minimum absolute atomic E-state index is 0.0970. The van der Waals surface area contributed by atoms with E-state index in [0.717, 1.165) is 10.0 Å². The van der Waals surface area contributed by atoms with Crippen molar-refractivity contribution in [3.63, 3.8) is 0 Å². The monoisotopic (exact) mass is 418 g/mol. The average molecular weight is 419 g/mol. The highest BCUT2D eigenvalue weighted by atomic mass is 79.9. The van der Waals surface area contributed by atoms with Crippen LogP contribution in [0.4, 0.5) is 0 Å². The van der Waals surface area contributed by atoms with E-state index in [1.807, 2.05) is 31.2 Å². The Labute approximate surface area is 160 Å². The van der Waals surface area contributed by atoms with E-state index >= 15 is 0 Å². The number of amides is 2. The molecule has 1 aliphatic heterocycles. The van der Waals surface area contributed by atoms with Gasteiger partial charge in [-0.2, -0.15) is 0 Å². The van der Waals surface area contributed by atoms with Gasteiger partial charge in [0.1, 0.15) is 13.2 Å². The van der Waals surface area contributed by atoms with Crippen molar-refractivity contribution in [2.75, 3.05) is 19.8 Å². The van der Waals surface area contributed by atoms with E-state index in [0.29, 0.717) is 30.3 Å². The molecule has 1 heterocycles. The van der Waals surface area contributed by atoms with Gasteiger partial charge in [-0.25, -0.2) is 0 Å². The van der Waals surface area contributed by atoms with Crippen LogP contribution in [0, 0.1) is 0 Å². The van der Waals surface area contributed by atoms with Crippen LogP contribution in [0.15, 0.2) is 46.9 Å². The summed E-state index contributed by atoms with van der Waals surface area (Å²) < 4.78 is 11.9. The zero-order valence-electron chi connectivity index (χ0n) is 14.3. The Kier molecular flexibility index (Phi) is 5.78. The Morgan fingerprint density at radius 3 is 2.65 bits per heavy atom. The van der Waals surface area contributed by atoms with E-state index in [4.69, 9.17) is 9.47 Å². The minimum Gasteiger partial charge on any atom is -0.486 e. The number of halogens is 1. The quantitative estimate of drug-likeness (QED) is 0.782. The summed E-state index contributed by atoms with van der Waals surface area (Å²) in [5.41, 5.74) is 1.40. The van der Waals surface area contributed by atoms with E-state index in [1.165, 1.54) is 0 Å². The maximum Gasteiger partial charge on any atom is 0.251 e. The molecule has 1 unspecified atom stereocenters. The van der Waals surface area contributed by atoms with Gasteiger partial charge in [0.25, 0.3) is 5.91 Å². The van der Waals surface area contributed by atoms with E-state index in [2.05, 4.69) is 26.6 Å². The molecular formula is C19H19BrN2O4. The molecule has 0 aromatic heterocycles. The summed E-state index contributed by atoms with van der Waals surface area (Å²) in [6, 6.07) is 12.4. The van der Waals surface area contributed by atoms with Gasteiger partial charge in [0.2, 0.25) is 5.91 Å². The fourth-order valence-electron chi connectivity index (χ4n) is 2.60. The van der Waals surface area contributed by atoms with Crippen molar-refractivity contribution in [1.82, 2.24) is 10.6 Å². The molecule has 0 saturated carbocycles. The SMILES string of the molecule is CC(NC(=O)CNC(=O)c1cccc(Br)c1)c1ccc2c(c1)OCCO2. The summed E-state index contributed by atoms with van der Waals surface area (Å²) in [4.78, 5) is 24.2. The predicted molar refractivity (Wildman–Crippen MR) is 100 cm³/mol. The second-order valence-electron chi connectivity index (χ2n) is 5.89. The zero-order chi connectivity index (χ0) is 18.5. The van der Waals surface area contributed by atoms with Gasteiger partial charge in [0, 0.05) is 10.0 Å². The third-order valence-corrected chi connectivity index (χ3v) is 4.43. The zero-order valence-corrected chi connectivity index (χ0v) is 15.8. The number of nitrogens with one attached hydrogen (secondary N) is 2. The van der Waals surface area contributed by atoms with Crippen LogP contribution < -0.4 is 20.1 Å². The molecule has 26 heavy (non-hydrogen) atoms. The Morgan fingerprint density at radius 1 is 1.12 bits per heavy atom. The van der Waals surface area contributed by atoms with Crippen LogP contribution >= 0.6 is 15.9 Å². The third kappa shape index (κ3) is 4.54. The second kappa shape index (κ2) is 8.23. The maximum atomic E-state index is 12.1. The summed E-state index contributed by atoms with van der Waals surface area (Å²) in [6.07, 6.45) is 0. The van der Waals surface area contributed by atoms with E-state index in [9.17, 15) is 9.59 Å². The fraction of sp³-hybridized carbons (Fsp3) is 0.263. The molecule has 0 aliphatic carbocycles. The molecule has 2 aromatic carbocycles. The van der Waals surface area contributed by atoms with Crippen molar-refractivity contribution < 1.29 is 19.1 Å². The van der Waals surface area contributed by atoms with Crippen molar-refractivity contribution >= 4 is 27.7 Å². The highest BCUT2D eigenvalue weighted by molar-refractivity contribution is 9.10. The molecule has 2 amide bonds. The Morgan fingerprint density at radius 2 is 1.88 bits per heavy atom. The number of carbonyl (C=O) groups is 2. The molecule has 1 aliphatic rings. The molecule has 0 spiro atoms. The van der Waals surface area contributed by atoms with Gasteiger partial charge in [-0.1, -0.05) is 28.1 Å². The van der Waals surface area contributed by atoms with Crippen LogP contribution in [-0.4, -0.2) is 31.6 Å². The van der Waals surface area contributed by atoms with E-state index in [-0.39, 0.29) is 24.4 Å². The number of hydrogen-bond acceptors (Lipinski definition) is 4. The first-order valence-corrected chi connectivity index (χ1v) is 9.05. The van der Waals surface area contributed by atoms with Gasteiger partial charge in [-0.15, -0.1) is 0 Å². The Bertz CT molecular complexity index is 825. The van der Waals surface area contributed by atoms with Crippen LogP contribution in [0.2, 0.25) is 0 Å². The second-order valence-corrected chi connectivity index (χ2v) is 6.80. The van der Waals surface area contributed by atoms with Crippen LogP contribution in [0.3, 0.4) is 0 Å². The molecule has 0 bridgehead atoms. The van der Waals surface area contributed by atoms with Gasteiger partial charge < -0.3 is 20.1 Å². The van der Waals surface area contributed by atoms with Crippen LogP contribution in [0.5, 0.6) is 11.5 Å². The highest BCUT2D eigenvalue weighted by Crippen LogP contribution is 2.32. The van der Waals surface area contributed by atoms with Gasteiger partial charge in [0.15, 0.2) is 11.5 Å². The third-order valence-electron chi connectivity index (χ3n) is 3.94. The Hall–Kier alpha value is -2.54. The Balaban J connectivity index is 1.53. The molecular weight excluding hydrogens is 400 g/mol. The number of fused-ring (bicyclic) bond motifs is 1. The van der Waals surface area contributed by atoms with Crippen LogP contribution in [0.25, 0.3) is 0 Å². The van der Waals surface area contributed by atoms with Crippen molar-refractivity contribution in [3.8, 4) is 11.5 Å². The first-order chi connectivity index (χ1) is 12.5. The maximum absolute atomic E-state index is 12.1.